The molecule has 0 aliphatic carbocycles. The van der Waals surface area contributed by atoms with Crippen LogP contribution in [0.15, 0.2) is 54.6 Å². The largest absolute Gasteiger partial charge is 0.354 e. The first kappa shape index (κ1) is 16.4. The number of carbonyl (C=O) groups is 1. The van der Waals surface area contributed by atoms with Crippen molar-refractivity contribution in [3.8, 4) is 0 Å². The van der Waals surface area contributed by atoms with Crippen LogP contribution in [0.5, 0.6) is 0 Å². The summed E-state index contributed by atoms with van der Waals surface area (Å²) >= 11 is 0. The lowest BCUT2D eigenvalue weighted by Gasteiger charge is -2.07. The van der Waals surface area contributed by atoms with Crippen molar-refractivity contribution in [3.63, 3.8) is 0 Å². The Morgan fingerprint density at radius 2 is 1.81 bits per heavy atom. The third-order valence-corrected chi connectivity index (χ3v) is 5.13. The number of carbonyl (C=O) groups excluding carboxylic acids is 1. The molecule has 4 rings (SSSR count). The van der Waals surface area contributed by atoms with Crippen molar-refractivity contribution in [3.05, 3.63) is 76.9 Å². The predicted octanol–water partition coefficient (Wildman–Crippen LogP) is 5.75. The fourth-order valence-electron chi connectivity index (χ4n) is 3.45. The lowest BCUT2D eigenvalue weighted by atomic mass is 10.1. The van der Waals surface area contributed by atoms with E-state index in [1.54, 1.807) is 0 Å². The third-order valence-electron chi connectivity index (χ3n) is 5.13. The van der Waals surface area contributed by atoms with Crippen molar-refractivity contribution in [2.75, 3.05) is 5.32 Å². The van der Waals surface area contributed by atoms with E-state index in [9.17, 15) is 4.79 Å². The fourth-order valence-corrected chi connectivity index (χ4v) is 3.45. The molecule has 26 heavy (non-hydrogen) atoms. The van der Waals surface area contributed by atoms with Crippen molar-refractivity contribution < 1.29 is 4.79 Å². The molecule has 2 N–H and O–H groups in total. The molecule has 0 radical (unpaired) electrons. The zero-order valence-electron chi connectivity index (χ0n) is 15.3. The number of H-pyrrole nitrogens is 1. The van der Waals surface area contributed by atoms with Crippen molar-refractivity contribution >= 4 is 33.4 Å². The maximum absolute atomic E-state index is 12.6. The summed E-state index contributed by atoms with van der Waals surface area (Å²) < 4.78 is 0. The van der Waals surface area contributed by atoms with Crippen LogP contribution >= 0.6 is 0 Å². The van der Waals surface area contributed by atoms with Crippen LogP contribution < -0.4 is 5.32 Å². The molecule has 1 heterocycles. The van der Waals surface area contributed by atoms with E-state index in [2.05, 4.69) is 41.5 Å². The summed E-state index contributed by atoms with van der Waals surface area (Å²) in [6.45, 7) is 6.23. The van der Waals surface area contributed by atoms with Gasteiger partial charge in [-0.2, -0.15) is 0 Å². The average molecular weight is 342 g/mol. The van der Waals surface area contributed by atoms with Gasteiger partial charge in [0.05, 0.1) is 0 Å². The number of rotatable bonds is 3. The molecule has 0 saturated heterocycles. The second-order valence-electron chi connectivity index (χ2n) is 6.83. The maximum Gasteiger partial charge on any atom is 0.255 e. The first-order valence-corrected chi connectivity index (χ1v) is 8.98. The van der Waals surface area contributed by atoms with E-state index in [-0.39, 0.29) is 5.91 Å². The zero-order chi connectivity index (χ0) is 18.3. The highest BCUT2D eigenvalue weighted by Crippen LogP contribution is 2.30. The molecule has 0 atom stereocenters. The SMILES string of the molecule is CCc1cccc2c1[nH]c1cc(NC(=O)c3ccc(C)c(C)c3)ccc12. The summed E-state index contributed by atoms with van der Waals surface area (Å²) in [7, 11) is 0. The van der Waals surface area contributed by atoms with Gasteiger partial charge in [0.15, 0.2) is 0 Å². The van der Waals surface area contributed by atoms with E-state index in [4.69, 9.17) is 0 Å². The smallest absolute Gasteiger partial charge is 0.255 e. The van der Waals surface area contributed by atoms with Gasteiger partial charge in [-0.1, -0.05) is 37.3 Å². The van der Waals surface area contributed by atoms with E-state index in [1.165, 1.54) is 27.4 Å². The second-order valence-corrected chi connectivity index (χ2v) is 6.83. The number of aromatic amines is 1. The Kier molecular flexibility index (Phi) is 4.00. The fraction of sp³-hybridized carbons (Fsp3) is 0.174. The number of anilines is 1. The van der Waals surface area contributed by atoms with Crippen LogP contribution in [0.25, 0.3) is 21.8 Å². The Balaban J connectivity index is 1.70. The number of amides is 1. The average Bonchev–Trinajstić information content (AvgIpc) is 3.01. The van der Waals surface area contributed by atoms with Gasteiger partial charge in [0.25, 0.3) is 5.91 Å². The highest BCUT2D eigenvalue weighted by atomic mass is 16.1. The summed E-state index contributed by atoms with van der Waals surface area (Å²) in [5.74, 6) is -0.0854. The van der Waals surface area contributed by atoms with Gasteiger partial charge in [0.2, 0.25) is 0 Å². The van der Waals surface area contributed by atoms with Gasteiger partial charge in [-0.15, -0.1) is 0 Å². The van der Waals surface area contributed by atoms with E-state index < -0.39 is 0 Å². The monoisotopic (exact) mass is 342 g/mol. The van der Waals surface area contributed by atoms with E-state index in [0.29, 0.717) is 5.56 Å². The second kappa shape index (κ2) is 6.34. The molecule has 0 saturated carbocycles. The highest BCUT2D eigenvalue weighted by Gasteiger charge is 2.10. The van der Waals surface area contributed by atoms with Crippen LogP contribution in [-0.4, -0.2) is 10.9 Å². The predicted molar refractivity (Wildman–Crippen MR) is 109 cm³/mol. The number of hydrogen-bond donors (Lipinski definition) is 2. The van der Waals surface area contributed by atoms with Gasteiger partial charge in [0, 0.05) is 33.1 Å². The lowest BCUT2D eigenvalue weighted by Crippen LogP contribution is -2.12. The van der Waals surface area contributed by atoms with Gasteiger partial charge < -0.3 is 10.3 Å². The molecule has 0 aliphatic heterocycles. The molecular formula is C23H22N2O. The Morgan fingerprint density at radius 3 is 2.58 bits per heavy atom. The topological polar surface area (TPSA) is 44.9 Å². The minimum atomic E-state index is -0.0854. The Hall–Kier alpha value is -3.07. The van der Waals surface area contributed by atoms with Crippen LogP contribution in [0.4, 0.5) is 5.69 Å². The maximum atomic E-state index is 12.6. The number of fused-ring (bicyclic) bond motifs is 3. The van der Waals surface area contributed by atoms with Gasteiger partial charge >= 0.3 is 0 Å². The summed E-state index contributed by atoms with van der Waals surface area (Å²) in [5.41, 5.74) is 7.31. The molecule has 3 heteroatoms. The first-order valence-electron chi connectivity index (χ1n) is 8.98. The minimum absolute atomic E-state index is 0.0854. The number of hydrogen-bond acceptors (Lipinski definition) is 1. The molecule has 3 nitrogen and oxygen atoms in total. The normalized spacial score (nSPS) is 11.2. The number of aromatic nitrogens is 1. The van der Waals surface area contributed by atoms with E-state index in [1.807, 2.05) is 44.2 Å². The van der Waals surface area contributed by atoms with Crippen LogP contribution in [0.3, 0.4) is 0 Å². The molecule has 0 unspecified atom stereocenters. The molecule has 3 aromatic carbocycles. The van der Waals surface area contributed by atoms with E-state index in [0.717, 1.165) is 23.2 Å². The number of para-hydroxylation sites is 1. The molecule has 0 spiro atoms. The molecule has 0 bridgehead atoms. The van der Waals surface area contributed by atoms with Crippen LogP contribution in [0.1, 0.15) is 34.0 Å². The molecule has 1 amide bonds. The molecule has 0 aliphatic rings. The summed E-state index contributed by atoms with van der Waals surface area (Å²) in [6, 6.07) is 18.2. The van der Waals surface area contributed by atoms with Crippen LogP contribution in [0, 0.1) is 13.8 Å². The molecule has 4 aromatic rings. The minimum Gasteiger partial charge on any atom is -0.354 e. The van der Waals surface area contributed by atoms with Crippen molar-refractivity contribution in [1.82, 2.24) is 4.98 Å². The quantitative estimate of drug-likeness (QED) is 0.489. The zero-order valence-corrected chi connectivity index (χ0v) is 15.3. The standard InChI is InChI=1S/C23H22N2O/c1-4-16-6-5-7-20-19-11-10-18(13-21(19)25-22(16)20)24-23(26)17-9-8-14(2)15(3)12-17/h5-13,25H,4H2,1-3H3,(H,24,26). The lowest BCUT2D eigenvalue weighted by molar-refractivity contribution is 0.102. The number of benzene rings is 3. The first-order chi connectivity index (χ1) is 12.6. The third kappa shape index (κ3) is 2.76. The summed E-state index contributed by atoms with van der Waals surface area (Å²) in [4.78, 5) is 16.1. The number of nitrogens with one attached hydrogen (secondary N) is 2. The van der Waals surface area contributed by atoms with Gasteiger partial charge in [0.1, 0.15) is 0 Å². The Labute approximate surface area is 153 Å². The molecule has 0 fully saturated rings. The van der Waals surface area contributed by atoms with Crippen LogP contribution in [-0.2, 0) is 6.42 Å². The molecule has 130 valence electrons. The Morgan fingerprint density at radius 1 is 0.962 bits per heavy atom. The summed E-state index contributed by atoms with van der Waals surface area (Å²) in [5, 5.41) is 5.42. The highest BCUT2D eigenvalue weighted by molar-refractivity contribution is 6.10. The van der Waals surface area contributed by atoms with Crippen LogP contribution in [0.2, 0.25) is 0 Å². The van der Waals surface area contributed by atoms with Crippen molar-refractivity contribution in [1.29, 1.82) is 0 Å². The number of aryl methyl sites for hydroxylation is 3. The van der Waals surface area contributed by atoms with E-state index >= 15 is 0 Å². The Bertz CT molecular complexity index is 1140. The molecule has 1 aromatic heterocycles. The van der Waals surface area contributed by atoms with Gasteiger partial charge in [-0.05, 0) is 61.2 Å². The molecular weight excluding hydrogens is 320 g/mol. The summed E-state index contributed by atoms with van der Waals surface area (Å²) in [6.07, 6.45) is 0.987. The van der Waals surface area contributed by atoms with Crippen molar-refractivity contribution in [2.24, 2.45) is 0 Å². The van der Waals surface area contributed by atoms with Gasteiger partial charge in [-0.3, -0.25) is 4.79 Å². The van der Waals surface area contributed by atoms with Gasteiger partial charge in [-0.25, -0.2) is 0 Å². The van der Waals surface area contributed by atoms with Crippen molar-refractivity contribution in [2.45, 2.75) is 27.2 Å².